The summed E-state index contributed by atoms with van der Waals surface area (Å²) < 4.78 is 7.72. The topological polar surface area (TPSA) is 81.4 Å². The summed E-state index contributed by atoms with van der Waals surface area (Å²) >= 11 is 0. The number of fused-ring (bicyclic) bond motifs is 1. The van der Waals surface area contributed by atoms with Gasteiger partial charge in [-0.1, -0.05) is 35.9 Å². The fourth-order valence-corrected chi connectivity index (χ4v) is 3.52. The lowest BCUT2D eigenvalue weighted by Crippen LogP contribution is -2.23. The van der Waals surface area contributed by atoms with Crippen molar-refractivity contribution in [1.82, 2.24) is 24.9 Å². The smallest absolute Gasteiger partial charge is 0.252 e. The predicted molar refractivity (Wildman–Crippen MR) is 118 cm³/mol. The van der Waals surface area contributed by atoms with E-state index in [9.17, 15) is 4.79 Å². The Morgan fingerprint density at radius 2 is 1.84 bits per heavy atom. The van der Waals surface area contributed by atoms with E-state index in [1.165, 1.54) is 11.9 Å². The van der Waals surface area contributed by atoms with Crippen molar-refractivity contribution >= 4 is 11.7 Å². The van der Waals surface area contributed by atoms with Crippen LogP contribution in [0.15, 0.2) is 54.9 Å². The van der Waals surface area contributed by atoms with Crippen molar-refractivity contribution in [3.05, 3.63) is 82.9 Å². The summed E-state index contributed by atoms with van der Waals surface area (Å²) in [5, 5.41) is 7.20. The predicted octanol–water partition coefficient (Wildman–Crippen LogP) is 4.09. The Bertz CT molecular complexity index is 1210. The van der Waals surface area contributed by atoms with Gasteiger partial charge in [-0.05, 0) is 51.0 Å². The molecule has 0 saturated carbocycles. The molecule has 0 aliphatic rings. The second-order valence-corrected chi connectivity index (χ2v) is 7.53. The molecule has 158 valence electrons. The third-order valence-corrected chi connectivity index (χ3v) is 5.29. The van der Waals surface area contributed by atoms with E-state index in [-0.39, 0.29) is 5.91 Å². The normalized spacial score (nSPS) is 10.9. The van der Waals surface area contributed by atoms with Gasteiger partial charge in [0, 0.05) is 29.9 Å². The summed E-state index contributed by atoms with van der Waals surface area (Å²) in [5.41, 5.74) is 4.97. The fraction of sp³-hybridized carbons (Fsp3) is 0.250. The van der Waals surface area contributed by atoms with Gasteiger partial charge in [0.05, 0.1) is 0 Å². The quantitative estimate of drug-likeness (QED) is 0.492. The average molecular weight is 415 g/mol. The Labute approximate surface area is 181 Å². The van der Waals surface area contributed by atoms with Crippen molar-refractivity contribution in [2.24, 2.45) is 0 Å². The molecule has 7 heteroatoms. The number of carbonyl (C=O) groups excluding carboxylic acids is 1. The highest BCUT2D eigenvalue weighted by Crippen LogP contribution is 2.25. The summed E-state index contributed by atoms with van der Waals surface area (Å²) in [6, 6.07) is 15.6. The highest BCUT2D eigenvalue weighted by atomic mass is 16.5. The molecule has 2 heterocycles. The van der Waals surface area contributed by atoms with Crippen LogP contribution in [-0.2, 0) is 17.8 Å². The molecule has 0 aliphatic heterocycles. The second-order valence-electron chi connectivity index (χ2n) is 7.53. The van der Waals surface area contributed by atoms with Crippen LogP contribution in [0.2, 0.25) is 0 Å². The first kappa shape index (κ1) is 20.5. The molecule has 2 aromatic heterocycles. The molecule has 0 radical (unpaired) electrons. The van der Waals surface area contributed by atoms with Crippen LogP contribution >= 0.6 is 0 Å². The van der Waals surface area contributed by atoms with Crippen LogP contribution < -0.4 is 10.1 Å². The molecule has 1 amide bonds. The molecule has 1 N–H and O–H groups in total. The zero-order valence-corrected chi connectivity index (χ0v) is 17.9. The van der Waals surface area contributed by atoms with Gasteiger partial charge in [0.1, 0.15) is 17.8 Å². The average Bonchev–Trinajstić information content (AvgIpc) is 3.23. The minimum Gasteiger partial charge on any atom is -0.457 e. The number of aromatic nitrogens is 4. The van der Waals surface area contributed by atoms with E-state index in [0.717, 1.165) is 34.0 Å². The van der Waals surface area contributed by atoms with Crippen LogP contribution in [0.25, 0.3) is 5.78 Å². The molecule has 0 bridgehead atoms. The third-order valence-electron chi connectivity index (χ3n) is 5.29. The van der Waals surface area contributed by atoms with Crippen LogP contribution in [-0.4, -0.2) is 25.5 Å². The minimum atomic E-state index is -0.0253. The third kappa shape index (κ3) is 4.71. The van der Waals surface area contributed by atoms with Crippen molar-refractivity contribution in [3.63, 3.8) is 0 Å². The number of hydrogen-bond donors (Lipinski definition) is 1. The first-order valence-electron chi connectivity index (χ1n) is 10.3. The number of benzene rings is 2. The van der Waals surface area contributed by atoms with Gasteiger partial charge in [-0.3, -0.25) is 4.79 Å². The van der Waals surface area contributed by atoms with E-state index >= 15 is 0 Å². The number of para-hydroxylation sites is 1. The van der Waals surface area contributed by atoms with Gasteiger partial charge < -0.3 is 10.1 Å². The lowest BCUT2D eigenvalue weighted by Gasteiger charge is -2.13. The van der Waals surface area contributed by atoms with Gasteiger partial charge in [-0.2, -0.15) is 10.1 Å². The van der Waals surface area contributed by atoms with E-state index in [1.54, 1.807) is 4.52 Å². The maximum absolute atomic E-state index is 12.5. The Hall–Kier alpha value is -3.74. The zero-order chi connectivity index (χ0) is 21.8. The van der Waals surface area contributed by atoms with Crippen molar-refractivity contribution < 1.29 is 9.53 Å². The summed E-state index contributed by atoms with van der Waals surface area (Å²) in [5.74, 6) is 2.06. The van der Waals surface area contributed by atoms with Gasteiger partial charge >= 0.3 is 0 Å². The van der Waals surface area contributed by atoms with Gasteiger partial charge in [-0.15, -0.1) is 0 Å². The molecule has 0 aliphatic carbocycles. The molecule has 4 aromatic rings. The number of ether oxygens (including phenoxy) is 1. The molecule has 7 nitrogen and oxygen atoms in total. The standard InChI is InChI=1S/C24H25N5O2/c1-16-8-10-20(11-9-16)31-22-7-5-4-6-19(22)14-25-23(30)13-12-21-17(2)28-24-26-15-27-29(24)18(21)3/h4-11,15H,12-14H2,1-3H3,(H,25,30). The van der Waals surface area contributed by atoms with Crippen LogP contribution in [0.5, 0.6) is 11.5 Å². The van der Waals surface area contributed by atoms with Gasteiger partial charge in [-0.25, -0.2) is 9.50 Å². The monoisotopic (exact) mass is 415 g/mol. The molecule has 0 fully saturated rings. The molecule has 0 spiro atoms. The summed E-state index contributed by atoms with van der Waals surface area (Å²) in [7, 11) is 0. The fourth-order valence-electron chi connectivity index (χ4n) is 3.52. The number of amides is 1. The Morgan fingerprint density at radius 1 is 1.06 bits per heavy atom. The summed E-state index contributed by atoms with van der Waals surface area (Å²) in [6.45, 7) is 6.35. The summed E-state index contributed by atoms with van der Waals surface area (Å²) in [6.07, 6.45) is 2.44. The molecule has 2 aromatic carbocycles. The lowest BCUT2D eigenvalue weighted by molar-refractivity contribution is -0.121. The largest absolute Gasteiger partial charge is 0.457 e. The van der Waals surface area contributed by atoms with Gasteiger partial charge in [0.2, 0.25) is 5.91 Å². The Morgan fingerprint density at radius 3 is 2.65 bits per heavy atom. The SMILES string of the molecule is Cc1ccc(Oc2ccccc2CNC(=O)CCc2c(C)nc3ncnn3c2C)cc1. The molecule has 0 atom stereocenters. The van der Waals surface area contributed by atoms with Crippen molar-refractivity contribution in [2.75, 3.05) is 0 Å². The number of nitrogens with one attached hydrogen (secondary N) is 1. The first-order valence-corrected chi connectivity index (χ1v) is 10.3. The van der Waals surface area contributed by atoms with Gasteiger partial charge in [0.15, 0.2) is 0 Å². The number of hydrogen-bond acceptors (Lipinski definition) is 5. The maximum Gasteiger partial charge on any atom is 0.252 e. The van der Waals surface area contributed by atoms with E-state index in [2.05, 4.69) is 20.4 Å². The van der Waals surface area contributed by atoms with Crippen molar-refractivity contribution in [2.45, 2.75) is 40.2 Å². The highest BCUT2D eigenvalue weighted by Gasteiger charge is 2.13. The zero-order valence-electron chi connectivity index (χ0n) is 17.9. The van der Waals surface area contributed by atoms with Crippen LogP contribution in [0.1, 0.15) is 34.5 Å². The maximum atomic E-state index is 12.5. The van der Waals surface area contributed by atoms with Crippen molar-refractivity contribution in [3.8, 4) is 11.5 Å². The molecular formula is C24H25N5O2. The Kier molecular flexibility index (Phi) is 5.93. The van der Waals surface area contributed by atoms with Crippen molar-refractivity contribution in [1.29, 1.82) is 0 Å². The molecular weight excluding hydrogens is 390 g/mol. The van der Waals surface area contributed by atoms with E-state index in [1.807, 2.05) is 69.3 Å². The number of aryl methyl sites for hydroxylation is 3. The van der Waals surface area contributed by atoms with Gasteiger partial charge in [0.25, 0.3) is 5.78 Å². The van der Waals surface area contributed by atoms with Crippen LogP contribution in [0.3, 0.4) is 0 Å². The minimum absolute atomic E-state index is 0.0253. The van der Waals surface area contributed by atoms with E-state index in [0.29, 0.717) is 25.2 Å². The molecule has 31 heavy (non-hydrogen) atoms. The molecule has 4 rings (SSSR count). The molecule has 0 saturated heterocycles. The molecule has 0 unspecified atom stereocenters. The highest BCUT2D eigenvalue weighted by molar-refractivity contribution is 5.76. The second kappa shape index (κ2) is 8.95. The van der Waals surface area contributed by atoms with Crippen LogP contribution in [0.4, 0.5) is 0 Å². The van der Waals surface area contributed by atoms with E-state index in [4.69, 9.17) is 4.74 Å². The van der Waals surface area contributed by atoms with Crippen LogP contribution in [0, 0.1) is 20.8 Å². The van der Waals surface area contributed by atoms with E-state index < -0.39 is 0 Å². The number of carbonyl (C=O) groups is 1. The lowest BCUT2D eigenvalue weighted by atomic mass is 10.1. The Balaban J connectivity index is 1.38. The first-order chi connectivity index (χ1) is 15.0. The number of rotatable bonds is 7. The number of nitrogens with zero attached hydrogens (tertiary/aromatic N) is 4. The summed E-state index contributed by atoms with van der Waals surface area (Å²) in [4.78, 5) is 21.1.